The van der Waals surface area contributed by atoms with Gasteiger partial charge in [-0.15, -0.1) is 0 Å². The highest BCUT2D eigenvalue weighted by molar-refractivity contribution is 5.90. The summed E-state index contributed by atoms with van der Waals surface area (Å²) in [5, 5.41) is 6.38. The summed E-state index contributed by atoms with van der Waals surface area (Å²) in [6.45, 7) is 0.133. The van der Waals surface area contributed by atoms with Gasteiger partial charge in [-0.05, 0) is 49.2 Å². The Hall–Kier alpha value is -2.56. The number of hydrogen-bond acceptors (Lipinski definition) is 3. The van der Waals surface area contributed by atoms with E-state index in [2.05, 4.69) is 10.6 Å². The maximum atomic E-state index is 13.4. The summed E-state index contributed by atoms with van der Waals surface area (Å²) >= 11 is 0. The van der Waals surface area contributed by atoms with Crippen LogP contribution in [0, 0.1) is 5.82 Å². The molecule has 0 aromatic heterocycles. The Morgan fingerprint density at radius 1 is 1.00 bits per heavy atom. The third kappa shape index (κ3) is 5.48. The average Bonchev–Trinajstić information content (AvgIpc) is 2.66. The van der Waals surface area contributed by atoms with E-state index in [4.69, 9.17) is 4.74 Å². The third-order valence-corrected chi connectivity index (χ3v) is 4.57. The van der Waals surface area contributed by atoms with E-state index < -0.39 is 5.82 Å². The van der Waals surface area contributed by atoms with Crippen LogP contribution in [0.5, 0.6) is 5.75 Å². The van der Waals surface area contributed by atoms with Gasteiger partial charge in [0, 0.05) is 17.4 Å². The third-order valence-electron chi connectivity index (χ3n) is 4.57. The van der Waals surface area contributed by atoms with Crippen LogP contribution in [0.25, 0.3) is 0 Å². The Bertz CT molecular complexity index is 712. The molecule has 1 aliphatic rings. The Labute approximate surface area is 153 Å². The number of benzene rings is 2. The standard InChI is InChI=1S/C21H25FN2O2/c22-19-8-4-5-9-20(19)26-15-14-21(25)24-18-12-10-17(11-13-18)23-16-6-2-1-3-7-16/h4-5,8-13,16,23H,1-3,6-7,14-15H2,(H,24,25). The maximum absolute atomic E-state index is 13.4. The zero-order valence-corrected chi connectivity index (χ0v) is 14.8. The van der Waals surface area contributed by atoms with Crippen LogP contribution in [-0.4, -0.2) is 18.6 Å². The van der Waals surface area contributed by atoms with Crippen molar-refractivity contribution in [3.05, 3.63) is 54.3 Å². The normalized spacial score (nSPS) is 14.7. The first-order chi connectivity index (χ1) is 12.7. The van der Waals surface area contributed by atoms with Crippen LogP contribution < -0.4 is 15.4 Å². The monoisotopic (exact) mass is 356 g/mol. The molecule has 0 aliphatic heterocycles. The van der Waals surface area contributed by atoms with E-state index >= 15 is 0 Å². The van der Waals surface area contributed by atoms with E-state index in [0.29, 0.717) is 6.04 Å². The van der Waals surface area contributed by atoms with Gasteiger partial charge in [0.2, 0.25) is 5.91 Å². The molecular formula is C21H25FN2O2. The number of anilines is 2. The fraction of sp³-hybridized carbons (Fsp3) is 0.381. The van der Waals surface area contributed by atoms with Gasteiger partial charge in [0.25, 0.3) is 0 Å². The van der Waals surface area contributed by atoms with E-state index in [0.717, 1.165) is 11.4 Å². The first-order valence-corrected chi connectivity index (χ1v) is 9.24. The molecule has 1 amide bonds. The summed E-state index contributed by atoms with van der Waals surface area (Å²) in [6, 6.07) is 14.5. The van der Waals surface area contributed by atoms with Gasteiger partial charge in [-0.2, -0.15) is 0 Å². The molecule has 2 N–H and O–H groups in total. The predicted octanol–water partition coefficient (Wildman–Crippen LogP) is 4.98. The van der Waals surface area contributed by atoms with Gasteiger partial charge in [0.1, 0.15) is 0 Å². The van der Waals surface area contributed by atoms with E-state index in [1.807, 2.05) is 24.3 Å². The van der Waals surface area contributed by atoms with E-state index in [-0.39, 0.29) is 24.7 Å². The molecule has 1 saturated carbocycles. The fourth-order valence-electron chi connectivity index (χ4n) is 3.17. The zero-order chi connectivity index (χ0) is 18.2. The van der Waals surface area contributed by atoms with E-state index in [9.17, 15) is 9.18 Å². The molecule has 138 valence electrons. The molecule has 0 saturated heterocycles. The second-order valence-electron chi connectivity index (χ2n) is 6.63. The molecule has 0 atom stereocenters. The summed E-state index contributed by atoms with van der Waals surface area (Å²) in [5.41, 5.74) is 1.83. The van der Waals surface area contributed by atoms with Crippen LogP contribution in [0.15, 0.2) is 48.5 Å². The second kappa shape index (κ2) is 9.22. The van der Waals surface area contributed by atoms with Gasteiger partial charge in [0.15, 0.2) is 11.6 Å². The highest BCUT2D eigenvalue weighted by Gasteiger charge is 2.12. The molecule has 5 heteroatoms. The minimum atomic E-state index is -0.422. The van der Waals surface area contributed by atoms with Crippen LogP contribution in [0.4, 0.5) is 15.8 Å². The maximum Gasteiger partial charge on any atom is 0.227 e. The van der Waals surface area contributed by atoms with Crippen molar-refractivity contribution in [1.82, 2.24) is 0 Å². The molecule has 0 radical (unpaired) electrons. The molecular weight excluding hydrogens is 331 g/mol. The molecule has 2 aromatic carbocycles. The summed E-state index contributed by atoms with van der Waals surface area (Å²) < 4.78 is 18.7. The molecule has 0 spiro atoms. The average molecular weight is 356 g/mol. The van der Waals surface area contributed by atoms with Crippen molar-refractivity contribution >= 4 is 17.3 Å². The van der Waals surface area contributed by atoms with Gasteiger partial charge in [-0.1, -0.05) is 31.4 Å². The number of carbonyl (C=O) groups excluding carboxylic acids is 1. The molecule has 4 nitrogen and oxygen atoms in total. The summed E-state index contributed by atoms with van der Waals surface area (Å²) in [7, 11) is 0. The van der Waals surface area contributed by atoms with Gasteiger partial charge < -0.3 is 15.4 Å². The SMILES string of the molecule is O=C(CCOc1ccccc1F)Nc1ccc(NC2CCCCC2)cc1. The van der Waals surface area contributed by atoms with Crippen molar-refractivity contribution in [3.63, 3.8) is 0 Å². The Morgan fingerprint density at radius 2 is 1.69 bits per heavy atom. The van der Waals surface area contributed by atoms with Crippen molar-refractivity contribution < 1.29 is 13.9 Å². The molecule has 1 aliphatic carbocycles. The van der Waals surface area contributed by atoms with Gasteiger partial charge >= 0.3 is 0 Å². The van der Waals surface area contributed by atoms with Crippen molar-refractivity contribution in [1.29, 1.82) is 0 Å². The molecule has 2 aromatic rings. The molecule has 26 heavy (non-hydrogen) atoms. The number of rotatable bonds is 7. The first kappa shape index (κ1) is 18.2. The van der Waals surface area contributed by atoms with Crippen molar-refractivity contribution in [3.8, 4) is 5.75 Å². The predicted molar refractivity (Wildman–Crippen MR) is 102 cm³/mol. The minimum absolute atomic E-state index is 0.133. The van der Waals surface area contributed by atoms with E-state index in [1.165, 1.54) is 38.2 Å². The van der Waals surface area contributed by atoms with Crippen LogP contribution >= 0.6 is 0 Å². The molecule has 0 heterocycles. The Morgan fingerprint density at radius 3 is 2.42 bits per heavy atom. The highest BCUT2D eigenvalue weighted by atomic mass is 19.1. The summed E-state index contributed by atoms with van der Waals surface area (Å²) in [4.78, 5) is 12.0. The number of amides is 1. The molecule has 0 unspecified atom stereocenters. The highest BCUT2D eigenvalue weighted by Crippen LogP contribution is 2.22. The number of halogens is 1. The van der Waals surface area contributed by atoms with Crippen LogP contribution in [0.1, 0.15) is 38.5 Å². The largest absolute Gasteiger partial charge is 0.490 e. The Kier molecular flexibility index (Phi) is 6.47. The van der Waals surface area contributed by atoms with Gasteiger partial charge in [-0.25, -0.2) is 4.39 Å². The number of hydrogen-bond donors (Lipinski definition) is 2. The topological polar surface area (TPSA) is 50.4 Å². The number of para-hydroxylation sites is 1. The van der Waals surface area contributed by atoms with Crippen molar-refractivity contribution in [2.75, 3.05) is 17.2 Å². The number of nitrogens with one attached hydrogen (secondary N) is 2. The summed E-state index contributed by atoms with van der Waals surface area (Å²) in [6.07, 6.45) is 6.53. The Balaban J connectivity index is 1.41. The van der Waals surface area contributed by atoms with Gasteiger partial charge in [0.05, 0.1) is 13.0 Å². The lowest BCUT2D eigenvalue weighted by molar-refractivity contribution is -0.116. The van der Waals surface area contributed by atoms with Crippen molar-refractivity contribution in [2.45, 2.75) is 44.6 Å². The first-order valence-electron chi connectivity index (χ1n) is 9.24. The van der Waals surface area contributed by atoms with E-state index in [1.54, 1.807) is 18.2 Å². The number of ether oxygens (including phenoxy) is 1. The molecule has 0 bridgehead atoms. The van der Waals surface area contributed by atoms with Crippen molar-refractivity contribution in [2.24, 2.45) is 0 Å². The van der Waals surface area contributed by atoms with Crippen LogP contribution in [-0.2, 0) is 4.79 Å². The molecule has 1 fully saturated rings. The lowest BCUT2D eigenvalue weighted by Crippen LogP contribution is -2.22. The lowest BCUT2D eigenvalue weighted by Gasteiger charge is -2.23. The van der Waals surface area contributed by atoms with Gasteiger partial charge in [-0.3, -0.25) is 4.79 Å². The summed E-state index contributed by atoms with van der Waals surface area (Å²) in [5.74, 6) is -0.415. The number of carbonyl (C=O) groups is 1. The zero-order valence-electron chi connectivity index (χ0n) is 14.8. The van der Waals surface area contributed by atoms with Crippen LogP contribution in [0.2, 0.25) is 0 Å². The minimum Gasteiger partial charge on any atom is -0.490 e. The molecule has 3 rings (SSSR count). The lowest BCUT2D eigenvalue weighted by atomic mass is 9.95. The quantitative estimate of drug-likeness (QED) is 0.736. The fourth-order valence-corrected chi connectivity index (χ4v) is 3.17. The smallest absolute Gasteiger partial charge is 0.227 e. The van der Waals surface area contributed by atoms with Crippen LogP contribution in [0.3, 0.4) is 0 Å². The second-order valence-corrected chi connectivity index (χ2v) is 6.63.